The smallest absolute Gasteiger partial charge is 0.234 e. The minimum absolute atomic E-state index is 0.0109. The molecule has 1 amide bonds. The maximum atomic E-state index is 11.6. The number of hydrogen-bond acceptors (Lipinski definition) is 3. The quantitative estimate of drug-likeness (QED) is 0.826. The molecule has 0 spiro atoms. The summed E-state index contributed by atoms with van der Waals surface area (Å²) in [6.07, 6.45) is 0. The largest absolute Gasteiger partial charge is 0.351 e. The summed E-state index contributed by atoms with van der Waals surface area (Å²) in [4.78, 5) is 13.6. The van der Waals surface area contributed by atoms with E-state index < -0.39 is 0 Å². The lowest BCUT2D eigenvalue weighted by Gasteiger charge is -2.36. The van der Waals surface area contributed by atoms with Crippen molar-refractivity contribution in [2.75, 3.05) is 19.6 Å². The predicted octanol–water partition coefficient (Wildman–Crippen LogP) is 0.599. The van der Waals surface area contributed by atoms with E-state index in [0.29, 0.717) is 18.1 Å². The van der Waals surface area contributed by atoms with Crippen molar-refractivity contribution in [1.29, 1.82) is 0 Å². The van der Waals surface area contributed by atoms with Crippen LogP contribution in [0.1, 0.15) is 5.56 Å². The zero-order chi connectivity index (χ0) is 12.3. The van der Waals surface area contributed by atoms with E-state index in [1.807, 2.05) is 29.2 Å². The number of nitrogens with two attached hydrogens (primary N) is 1. The van der Waals surface area contributed by atoms with Crippen LogP contribution in [-0.4, -0.2) is 36.5 Å². The number of amides is 1. The second kappa shape index (κ2) is 5.49. The topological polar surface area (TPSA) is 58.4 Å². The van der Waals surface area contributed by atoms with Crippen molar-refractivity contribution >= 4 is 17.5 Å². The molecule has 0 unspecified atom stereocenters. The number of carbonyl (C=O) groups excluding carboxylic acids is 1. The van der Waals surface area contributed by atoms with E-state index in [1.54, 1.807) is 0 Å². The van der Waals surface area contributed by atoms with Crippen LogP contribution >= 0.6 is 11.6 Å². The van der Waals surface area contributed by atoms with Crippen LogP contribution in [0.3, 0.4) is 0 Å². The van der Waals surface area contributed by atoms with Crippen LogP contribution in [0.5, 0.6) is 0 Å². The van der Waals surface area contributed by atoms with Crippen LogP contribution in [0, 0.1) is 0 Å². The first-order valence-corrected chi connectivity index (χ1v) is 6.01. The molecular weight excluding hydrogens is 238 g/mol. The summed E-state index contributed by atoms with van der Waals surface area (Å²) in [5, 5.41) is 3.53. The van der Waals surface area contributed by atoms with Gasteiger partial charge in [-0.1, -0.05) is 29.8 Å². The molecule has 0 bridgehead atoms. The lowest BCUT2D eigenvalue weighted by molar-refractivity contribution is -0.123. The van der Waals surface area contributed by atoms with Crippen molar-refractivity contribution < 1.29 is 4.79 Å². The number of carbonyl (C=O) groups is 1. The molecule has 2 rings (SSSR count). The summed E-state index contributed by atoms with van der Waals surface area (Å²) >= 11 is 5.99. The highest BCUT2D eigenvalue weighted by Gasteiger charge is 2.24. The number of nitrogens with zero attached hydrogens (tertiary/aromatic N) is 1. The zero-order valence-corrected chi connectivity index (χ0v) is 10.3. The number of benzene rings is 1. The molecule has 1 saturated heterocycles. The Bertz CT molecular complexity index is 404. The van der Waals surface area contributed by atoms with E-state index in [2.05, 4.69) is 5.32 Å². The van der Waals surface area contributed by atoms with Crippen LogP contribution in [0.25, 0.3) is 0 Å². The molecule has 0 saturated carbocycles. The summed E-state index contributed by atoms with van der Waals surface area (Å²) in [5.41, 5.74) is 6.57. The van der Waals surface area contributed by atoms with Crippen LogP contribution in [0.4, 0.5) is 0 Å². The Morgan fingerprint density at radius 2 is 2.18 bits per heavy atom. The summed E-state index contributed by atoms with van der Waals surface area (Å²) in [6, 6.07) is 7.72. The van der Waals surface area contributed by atoms with Crippen molar-refractivity contribution in [3.8, 4) is 0 Å². The van der Waals surface area contributed by atoms with Crippen molar-refractivity contribution in [1.82, 2.24) is 10.2 Å². The van der Waals surface area contributed by atoms with Gasteiger partial charge < -0.3 is 11.1 Å². The molecule has 1 aliphatic rings. The highest BCUT2D eigenvalue weighted by molar-refractivity contribution is 6.31. The summed E-state index contributed by atoms with van der Waals surface area (Å²) in [7, 11) is 0. The van der Waals surface area contributed by atoms with Gasteiger partial charge in [0.25, 0.3) is 0 Å². The van der Waals surface area contributed by atoms with Gasteiger partial charge in [0.1, 0.15) is 0 Å². The van der Waals surface area contributed by atoms with E-state index in [0.717, 1.165) is 18.7 Å². The highest BCUT2D eigenvalue weighted by atomic mass is 35.5. The Morgan fingerprint density at radius 1 is 1.47 bits per heavy atom. The lowest BCUT2D eigenvalue weighted by atomic mass is 10.1. The van der Waals surface area contributed by atoms with Gasteiger partial charge in [-0.15, -0.1) is 0 Å². The second-order valence-corrected chi connectivity index (χ2v) is 4.73. The Morgan fingerprint density at radius 3 is 2.82 bits per heavy atom. The first-order valence-electron chi connectivity index (χ1n) is 5.63. The standard InChI is InChI=1S/C12H16ClN3O/c13-11-4-2-1-3-9(11)5-15-12(17)8-16-6-10(14)7-16/h1-4,10H,5-8,14H2,(H,15,17). The van der Waals surface area contributed by atoms with Gasteiger partial charge in [0.05, 0.1) is 6.54 Å². The monoisotopic (exact) mass is 253 g/mol. The molecule has 1 fully saturated rings. The number of nitrogens with one attached hydrogen (secondary N) is 1. The van der Waals surface area contributed by atoms with Gasteiger partial charge in [0, 0.05) is 30.7 Å². The number of likely N-dealkylation sites (tertiary alicyclic amines) is 1. The molecule has 5 heteroatoms. The highest BCUT2D eigenvalue weighted by Crippen LogP contribution is 2.14. The molecule has 0 aromatic heterocycles. The van der Waals surface area contributed by atoms with Crippen LogP contribution in [0.2, 0.25) is 5.02 Å². The van der Waals surface area contributed by atoms with Gasteiger partial charge in [0.15, 0.2) is 0 Å². The average Bonchev–Trinajstić information content (AvgIpc) is 2.26. The zero-order valence-electron chi connectivity index (χ0n) is 9.53. The number of halogens is 1. The van der Waals surface area contributed by atoms with E-state index in [4.69, 9.17) is 17.3 Å². The van der Waals surface area contributed by atoms with Crippen molar-refractivity contribution in [2.45, 2.75) is 12.6 Å². The Hall–Kier alpha value is -1.10. The van der Waals surface area contributed by atoms with Gasteiger partial charge in [-0.05, 0) is 11.6 Å². The van der Waals surface area contributed by atoms with Gasteiger partial charge >= 0.3 is 0 Å². The van der Waals surface area contributed by atoms with E-state index in [-0.39, 0.29) is 11.9 Å². The Balaban J connectivity index is 1.75. The molecule has 4 nitrogen and oxygen atoms in total. The fraction of sp³-hybridized carbons (Fsp3) is 0.417. The Kier molecular flexibility index (Phi) is 3.99. The van der Waals surface area contributed by atoms with Crippen molar-refractivity contribution in [3.05, 3.63) is 34.9 Å². The molecule has 1 aromatic rings. The molecule has 92 valence electrons. The van der Waals surface area contributed by atoms with E-state index >= 15 is 0 Å². The summed E-state index contributed by atoms with van der Waals surface area (Å²) in [6.45, 7) is 2.50. The van der Waals surface area contributed by atoms with Crippen LogP contribution in [-0.2, 0) is 11.3 Å². The maximum Gasteiger partial charge on any atom is 0.234 e. The van der Waals surface area contributed by atoms with Gasteiger partial charge in [0.2, 0.25) is 5.91 Å². The van der Waals surface area contributed by atoms with Crippen LogP contribution < -0.4 is 11.1 Å². The predicted molar refractivity (Wildman–Crippen MR) is 67.7 cm³/mol. The average molecular weight is 254 g/mol. The normalized spacial score (nSPS) is 16.6. The van der Waals surface area contributed by atoms with Gasteiger partial charge in [-0.3, -0.25) is 9.69 Å². The third kappa shape index (κ3) is 3.43. The molecule has 0 radical (unpaired) electrons. The maximum absolute atomic E-state index is 11.6. The van der Waals surface area contributed by atoms with Crippen LogP contribution in [0.15, 0.2) is 24.3 Å². The van der Waals surface area contributed by atoms with E-state index in [1.165, 1.54) is 0 Å². The van der Waals surface area contributed by atoms with Crippen molar-refractivity contribution in [2.24, 2.45) is 5.73 Å². The second-order valence-electron chi connectivity index (χ2n) is 4.32. The SMILES string of the molecule is NC1CN(CC(=O)NCc2ccccc2Cl)C1. The number of hydrogen-bond donors (Lipinski definition) is 2. The molecule has 17 heavy (non-hydrogen) atoms. The fourth-order valence-corrected chi connectivity index (χ4v) is 2.04. The van der Waals surface area contributed by atoms with Crippen molar-refractivity contribution in [3.63, 3.8) is 0 Å². The lowest BCUT2D eigenvalue weighted by Crippen LogP contribution is -2.57. The Labute approximate surface area is 106 Å². The molecular formula is C12H16ClN3O. The molecule has 1 aliphatic heterocycles. The third-order valence-electron chi connectivity index (χ3n) is 2.79. The third-order valence-corrected chi connectivity index (χ3v) is 3.16. The molecule has 0 aliphatic carbocycles. The molecule has 1 heterocycles. The summed E-state index contributed by atoms with van der Waals surface area (Å²) in [5.74, 6) is 0.0109. The minimum Gasteiger partial charge on any atom is -0.351 e. The number of rotatable bonds is 4. The first-order chi connectivity index (χ1) is 8.15. The van der Waals surface area contributed by atoms with E-state index in [9.17, 15) is 4.79 Å². The van der Waals surface area contributed by atoms with Gasteiger partial charge in [-0.25, -0.2) is 0 Å². The summed E-state index contributed by atoms with van der Waals surface area (Å²) < 4.78 is 0. The van der Waals surface area contributed by atoms with Gasteiger partial charge in [-0.2, -0.15) is 0 Å². The fourth-order valence-electron chi connectivity index (χ4n) is 1.83. The minimum atomic E-state index is 0.0109. The molecule has 0 atom stereocenters. The molecule has 1 aromatic carbocycles. The molecule has 3 N–H and O–H groups in total. The first kappa shape index (κ1) is 12.4.